The number of ketones is 1. The molecule has 1 N–H and O–H groups in total. The van der Waals surface area contributed by atoms with Gasteiger partial charge in [-0.1, -0.05) is 31.5 Å². The van der Waals surface area contributed by atoms with Crippen LogP contribution in [0.3, 0.4) is 0 Å². The molecule has 0 bridgehead atoms. The van der Waals surface area contributed by atoms with Gasteiger partial charge in [0.15, 0.2) is 5.78 Å². The number of hydrogen-bond donors (Lipinski definition) is 1. The van der Waals surface area contributed by atoms with Crippen molar-refractivity contribution in [3.8, 4) is 11.5 Å². The molecule has 3 aromatic rings. The van der Waals surface area contributed by atoms with Gasteiger partial charge in [0, 0.05) is 26.2 Å². The summed E-state index contributed by atoms with van der Waals surface area (Å²) in [6.45, 7) is 7.28. The minimum atomic E-state index is -0.125. The van der Waals surface area contributed by atoms with Crippen molar-refractivity contribution in [3.05, 3.63) is 65.9 Å². The molecule has 0 spiro atoms. The zero-order chi connectivity index (χ0) is 19.1. The smallest absolute Gasteiger partial charge is 0.155 e. The van der Waals surface area contributed by atoms with E-state index < -0.39 is 0 Å². The number of aliphatic hydroxyl groups is 1. The van der Waals surface area contributed by atoms with Crippen molar-refractivity contribution < 1.29 is 34.4 Å². The van der Waals surface area contributed by atoms with E-state index in [-0.39, 0.29) is 31.6 Å². The van der Waals surface area contributed by atoms with Crippen LogP contribution >= 0.6 is 0 Å². The van der Waals surface area contributed by atoms with Gasteiger partial charge in [-0.25, -0.2) is 0 Å². The average Bonchev–Trinajstić information content (AvgIpc) is 2.98. The summed E-state index contributed by atoms with van der Waals surface area (Å²) in [5.74, 6) is 1.22. The normalized spacial score (nSPS) is 10.9. The number of para-hydroxylation sites is 2. The maximum absolute atomic E-state index is 10.0. The first kappa shape index (κ1) is 22.8. The Morgan fingerprint density at radius 1 is 1.26 bits per heavy atom. The summed E-state index contributed by atoms with van der Waals surface area (Å²) >= 11 is 0. The Balaban J connectivity index is 0.000000395. The molecule has 145 valence electrons. The second-order valence-corrected chi connectivity index (χ2v) is 6.59. The van der Waals surface area contributed by atoms with Gasteiger partial charge in [-0.3, -0.25) is 9.78 Å². The molecule has 2 aromatic carbocycles. The first-order valence-corrected chi connectivity index (χ1v) is 8.59. The largest absolute Gasteiger partial charge is 0.512 e. The van der Waals surface area contributed by atoms with Crippen LogP contribution in [-0.2, 0) is 31.3 Å². The number of nitrogens with zero attached hydrogens (tertiary/aromatic N) is 1. The van der Waals surface area contributed by atoms with Crippen LogP contribution in [0.5, 0.6) is 0 Å². The van der Waals surface area contributed by atoms with E-state index in [4.69, 9.17) is 9.52 Å². The van der Waals surface area contributed by atoms with Crippen molar-refractivity contribution in [1.29, 1.82) is 0 Å². The van der Waals surface area contributed by atoms with Gasteiger partial charge in [0.25, 0.3) is 0 Å². The van der Waals surface area contributed by atoms with Crippen LogP contribution in [0, 0.1) is 12.0 Å². The topological polar surface area (TPSA) is 63.3 Å². The molecule has 0 amide bonds. The fourth-order valence-corrected chi connectivity index (χ4v) is 2.52. The molecule has 0 aliphatic rings. The van der Waals surface area contributed by atoms with Crippen LogP contribution in [0.1, 0.15) is 33.3 Å². The molecule has 4 nitrogen and oxygen atoms in total. The summed E-state index contributed by atoms with van der Waals surface area (Å²) in [5, 5.41) is 8.36. The van der Waals surface area contributed by atoms with E-state index >= 15 is 0 Å². The number of aromatic nitrogens is 1. The summed E-state index contributed by atoms with van der Waals surface area (Å²) in [5.41, 5.74) is 3.93. The van der Waals surface area contributed by atoms with E-state index in [0.29, 0.717) is 11.8 Å². The van der Waals surface area contributed by atoms with E-state index in [1.807, 2.05) is 30.3 Å². The van der Waals surface area contributed by atoms with Crippen LogP contribution in [-0.4, -0.2) is 15.9 Å². The summed E-state index contributed by atoms with van der Waals surface area (Å²) < 4.78 is 5.77. The average molecular weight is 543 g/mol. The number of allylic oxidation sites excluding steroid dienone is 2. The van der Waals surface area contributed by atoms with Crippen molar-refractivity contribution in [2.24, 2.45) is 5.92 Å². The molecule has 1 heterocycles. The fraction of sp³-hybridized carbons (Fsp3) is 0.273. The van der Waals surface area contributed by atoms with Crippen molar-refractivity contribution in [1.82, 2.24) is 4.98 Å². The number of fused-ring (bicyclic) bond motifs is 1. The predicted octanol–water partition coefficient (Wildman–Crippen LogP) is 5.53. The van der Waals surface area contributed by atoms with E-state index in [1.165, 1.54) is 25.5 Å². The zero-order valence-corrected chi connectivity index (χ0v) is 18.3. The maximum atomic E-state index is 10.0. The molecule has 0 saturated heterocycles. The van der Waals surface area contributed by atoms with Gasteiger partial charge < -0.3 is 9.52 Å². The third-order valence-corrected chi connectivity index (χ3v) is 3.45. The second kappa shape index (κ2) is 10.8. The molecular formula is C22H24IrNO3-. The van der Waals surface area contributed by atoms with Gasteiger partial charge in [0.2, 0.25) is 0 Å². The van der Waals surface area contributed by atoms with Gasteiger partial charge in [-0.15, -0.1) is 29.8 Å². The van der Waals surface area contributed by atoms with Crippen LogP contribution < -0.4 is 0 Å². The molecule has 1 aromatic heterocycles. The Kier molecular flexibility index (Phi) is 9.13. The Bertz CT molecular complexity index is 876. The minimum Gasteiger partial charge on any atom is -0.512 e. The van der Waals surface area contributed by atoms with Crippen molar-refractivity contribution >= 4 is 16.9 Å². The fourth-order valence-electron chi connectivity index (χ4n) is 2.52. The predicted molar refractivity (Wildman–Crippen MR) is 104 cm³/mol. The van der Waals surface area contributed by atoms with Crippen molar-refractivity contribution in [2.75, 3.05) is 0 Å². The monoisotopic (exact) mass is 543 g/mol. The third-order valence-electron chi connectivity index (χ3n) is 3.45. The summed E-state index contributed by atoms with van der Waals surface area (Å²) in [6.07, 6.45) is 2.22. The molecule has 0 saturated carbocycles. The standard InChI is InChI=1S/C17H16NO.C5H8O2.Ir/c1-12(2)10-13-6-5-7-14(11-13)17-18-15-8-3-4-9-16(15)19-17;1-4(6)3-5(2)7;/h3-6,8-9,11-12H,10H2,1-2H3;3,6H,1-2H3;/q-1;;/b;4-3-;. The molecule has 0 unspecified atom stereocenters. The molecule has 0 aliphatic heterocycles. The van der Waals surface area contributed by atoms with E-state index in [0.717, 1.165) is 23.1 Å². The van der Waals surface area contributed by atoms with Gasteiger partial charge >= 0.3 is 0 Å². The van der Waals surface area contributed by atoms with Gasteiger partial charge in [0.1, 0.15) is 11.5 Å². The molecule has 0 atom stereocenters. The number of hydrogen-bond acceptors (Lipinski definition) is 4. The summed E-state index contributed by atoms with van der Waals surface area (Å²) in [4.78, 5) is 14.5. The van der Waals surface area contributed by atoms with E-state index in [9.17, 15) is 4.79 Å². The first-order valence-electron chi connectivity index (χ1n) is 8.59. The number of aliphatic hydroxyl groups excluding tert-OH is 1. The zero-order valence-electron chi connectivity index (χ0n) is 15.9. The maximum Gasteiger partial charge on any atom is 0.155 e. The van der Waals surface area contributed by atoms with Crippen LogP contribution in [0.2, 0.25) is 0 Å². The Morgan fingerprint density at radius 3 is 2.52 bits per heavy atom. The number of carbonyl (C=O) groups is 1. The molecule has 27 heavy (non-hydrogen) atoms. The number of oxazole rings is 1. The number of rotatable bonds is 4. The van der Waals surface area contributed by atoms with Crippen molar-refractivity contribution in [2.45, 2.75) is 34.1 Å². The first-order chi connectivity index (χ1) is 12.3. The quantitative estimate of drug-likeness (QED) is 0.268. The Morgan fingerprint density at radius 2 is 1.96 bits per heavy atom. The van der Waals surface area contributed by atoms with E-state index in [1.54, 1.807) is 0 Å². The van der Waals surface area contributed by atoms with E-state index in [2.05, 4.69) is 37.0 Å². The summed E-state index contributed by atoms with van der Waals surface area (Å²) in [7, 11) is 0. The van der Waals surface area contributed by atoms with Crippen LogP contribution in [0.4, 0.5) is 0 Å². The van der Waals surface area contributed by atoms with Gasteiger partial charge in [-0.05, 0) is 38.3 Å². The third kappa shape index (κ3) is 7.49. The Hall–Kier alpha value is -2.23. The van der Waals surface area contributed by atoms with Crippen molar-refractivity contribution in [3.63, 3.8) is 0 Å². The number of carbonyl (C=O) groups excluding carboxylic acids is 1. The second-order valence-electron chi connectivity index (χ2n) is 6.59. The van der Waals surface area contributed by atoms with Gasteiger partial charge in [0.05, 0.1) is 11.3 Å². The minimum absolute atomic E-state index is 0. The molecular weight excluding hydrogens is 518 g/mol. The molecule has 1 radical (unpaired) electrons. The molecule has 3 rings (SSSR count). The summed E-state index contributed by atoms with van der Waals surface area (Å²) in [6, 6.07) is 17.2. The van der Waals surface area contributed by atoms with Gasteiger partial charge in [-0.2, -0.15) is 0 Å². The number of benzene rings is 2. The molecule has 5 heteroatoms. The Labute approximate surface area is 173 Å². The SMILES string of the molecule is CC(=O)/C=C(/C)O.CC(C)Cc1cc[c-]c(-c2nc3ccccc3o2)c1.[Ir]. The molecule has 0 fully saturated rings. The van der Waals surface area contributed by atoms with Crippen LogP contribution in [0.25, 0.3) is 22.6 Å². The molecule has 0 aliphatic carbocycles. The van der Waals surface area contributed by atoms with Crippen LogP contribution in [0.15, 0.2) is 58.7 Å².